The minimum Gasteiger partial charge on any atom is -0.298 e. The lowest BCUT2D eigenvalue weighted by Gasteiger charge is -2.34. The Balaban J connectivity index is 1.92. The molecule has 0 radical (unpaired) electrons. The quantitative estimate of drug-likeness (QED) is 0.791. The van der Waals surface area contributed by atoms with E-state index in [0.29, 0.717) is 11.8 Å². The smallest absolute Gasteiger partial charge is 0.251 e. The molecule has 1 aliphatic heterocycles. The van der Waals surface area contributed by atoms with Gasteiger partial charge in [0.05, 0.1) is 6.54 Å². The molecule has 0 aromatic carbocycles. The van der Waals surface area contributed by atoms with Crippen LogP contribution < -0.4 is 0 Å². The molecule has 2 heterocycles. The SMILES string of the molecule is Cc1csc([C@H](C)C2CCN(CC(F)F)CC2)c1C. The van der Waals surface area contributed by atoms with Crippen molar-refractivity contribution < 1.29 is 8.78 Å². The molecule has 1 saturated heterocycles. The van der Waals surface area contributed by atoms with Gasteiger partial charge in [-0.2, -0.15) is 0 Å². The summed E-state index contributed by atoms with van der Waals surface area (Å²) in [5.41, 5.74) is 2.80. The van der Waals surface area contributed by atoms with E-state index in [0.717, 1.165) is 25.9 Å². The maximum Gasteiger partial charge on any atom is 0.251 e. The molecule has 0 spiro atoms. The van der Waals surface area contributed by atoms with Gasteiger partial charge in [0.2, 0.25) is 0 Å². The molecule has 19 heavy (non-hydrogen) atoms. The molecule has 1 fully saturated rings. The Labute approximate surface area is 118 Å². The fourth-order valence-corrected chi connectivity index (χ4v) is 4.24. The number of likely N-dealkylation sites (tertiary alicyclic amines) is 1. The highest BCUT2D eigenvalue weighted by molar-refractivity contribution is 7.10. The predicted octanol–water partition coefficient (Wildman–Crippen LogP) is 4.45. The minimum absolute atomic E-state index is 0.0573. The van der Waals surface area contributed by atoms with Crippen LogP contribution in [0.4, 0.5) is 8.78 Å². The van der Waals surface area contributed by atoms with Gasteiger partial charge < -0.3 is 0 Å². The van der Waals surface area contributed by atoms with Crippen LogP contribution in [0, 0.1) is 19.8 Å². The van der Waals surface area contributed by atoms with E-state index < -0.39 is 6.43 Å². The third-order valence-corrected chi connectivity index (χ3v) is 5.88. The molecule has 1 atom stereocenters. The molecule has 2 rings (SSSR count). The average molecular weight is 287 g/mol. The maximum absolute atomic E-state index is 12.4. The van der Waals surface area contributed by atoms with Crippen LogP contribution >= 0.6 is 11.3 Å². The zero-order valence-electron chi connectivity index (χ0n) is 12.0. The summed E-state index contributed by atoms with van der Waals surface area (Å²) >= 11 is 1.86. The molecule has 0 amide bonds. The van der Waals surface area contributed by atoms with Crippen molar-refractivity contribution in [2.75, 3.05) is 19.6 Å². The van der Waals surface area contributed by atoms with Gasteiger partial charge in [-0.25, -0.2) is 8.78 Å². The van der Waals surface area contributed by atoms with Gasteiger partial charge in [-0.1, -0.05) is 6.92 Å². The largest absolute Gasteiger partial charge is 0.298 e. The standard InChI is InChI=1S/C15H23F2NS/c1-10-9-19-15(11(10)2)12(3)13-4-6-18(7-5-13)8-14(16)17/h9,12-14H,4-8H2,1-3H3/t12-/m1/s1. The van der Waals surface area contributed by atoms with Crippen molar-refractivity contribution in [1.82, 2.24) is 4.90 Å². The van der Waals surface area contributed by atoms with Crippen LogP contribution in [0.1, 0.15) is 41.7 Å². The lowest BCUT2D eigenvalue weighted by Crippen LogP contribution is -2.38. The maximum atomic E-state index is 12.4. The first-order chi connectivity index (χ1) is 8.99. The summed E-state index contributed by atoms with van der Waals surface area (Å²) in [5.74, 6) is 1.21. The fourth-order valence-electron chi connectivity index (χ4n) is 3.02. The topological polar surface area (TPSA) is 3.24 Å². The van der Waals surface area contributed by atoms with Gasteiger partial charge in [0.15, 0.2) is 0 Å². The number of aryl methyl sites for hydroxylation is 1. The molecular formula is C15H23F2NS. The van der Waals surface area contributed by atoms with E-state index in [1.54, 1.807) is 0 Å². The number of rotatable bonds is 4. The van der Waals surface area contributed by atoms with E-state index in [4.69, 9.17) is 0 Å². The number of thiophene rings is 1. The second-order valence-corrected chi connectivity index (χ2v) is 6.64. The van der Waals surface area contributed by atoms with Gasteiger partial charge in [0.25, 0.3) is 6.43 Å². The first kappa shape index (κ1) is 14.9. The molecular weight excluding hydrogens is 264 g/mol. The molecule has 1 nitrogen and oxygen atoms in total. The highest BCUT2D eigenvalue weighted by Gasteiger charge is 2.27. The fraction of sp³-hybridized carbons (Fsp3) is 0.733. The van der Waals surface area contributed by atoms with Crippen LogP contribution in [0.15, 0.2) is 5.38 Å². The Morgan fingerprint density at radius 2 is 1.95 bits per heavy atom. The van der Waals surface area contributed by atoms with Gasteiger partial charge in [0.1, 0.15) is 0 Å². The van der Waals surface area contributed by atoms with E-state index in [1.807, 2.05) is 16.2 Å². The van der Waals surface area contributed by atoms with Crippen molar-refractivity contribution in [1.29, 1.82) is 0 Å². The first-order valence-corrected chi connectivity index (χ1v) is 7.92. The summed E-state index contributed by atoms with van der Waals surface area (Å²) in [6.07, 6.45) is -0.106. The molecule has 108 valence electrons. The zero-order chi connectivity index (χ0) is 14.0. The molecule has 1 aromatic rings. The van der Waals surface area contributed by atoms with Crippen LogP contribution in [-0.4, -0.2) is 31.0 Å². The second kappa shape index (κ2) is 6.31. The van der Waals surface area contributed by atoms with Crippen LogP contribution in [0.3, 0.4) is 0 Å². The van der Waals surface area contributed by atoms with Gasteiger partial charge in [-0.05, 0) is 68.1 Å². The number of nitrogens with zero attached hydrogens (tertiary/aromatic N) is 1. The van der Waals surface area contributed by atoms with Crippen molar-refractivity contribution in [2.24, 2.45) is 5.92 Å². The van der Waals surface area contributed by atoms with Crippen molar-refractivity contribution in [2.45, 2.75) is 46.0 Å². The van der Waals surface area contributed by atoms with Gasteiger partial charge in [0, 0.05) is 4.88 Å². The molecule has 1 aromatic heterocycles. The summed E-state index contributed by atoms with van der Waals surface area (Å²) in [4.78, 5) is 3.39. The van der Waals surface area contributed by atoms with E-state index >= 15 is 0 Å². The van der Waals surface area contributed by atoms with Crippen molar-refractivity contribution >= 4 is 11.3 Å². The summed E-state index contributed by atoms with van der Waals surface area (Å²) < 4.78 is 24.7. The number of hydrogen-bond acceptors (Lipinski definition) is 2. The number of halogens is 2. The molecule has 4 heteroatoms. The summed E-state index contributed by atoms with van der Waals surface area (Å²) in [6.45, 7) is 8.24. The van der Waals surface area contributed by atoms with Crippen molar-refractivity contribution in [3.05, 3.63) is 21.4 Å². The summed E-state index contributed by atoms with van der Waals surface area (Å²) in [6, 6.07) is 0. The number of piperidine rings is 1. The first-order valence-electron chi connectivity index (χ1n) is 7.04. The van der Waals surface area contributed by atoms with Crippen LogP contribution in [0.25, 0.3) is 0 Å². The highest BCUT2D eigenvalue weighted by atomic mass is 32.1. The van der Waals surface area contributed by atoms with Crippen molar-refractivity contribution in [3.63, 3.8) is 0 Å². The summed E-state index contributed by atoms with van der Waals surface area (Å²) in [7, 11) is 0. The number of hydrogen-bond donors (Lipinski definition) is 0. The van der Waals surface area contributed by atoms with E-state index in [9.17, 15) is 8.78 Å². The molecule has 0 saturated carbocycles. The monoisotopic (exact) mass is 287 g/mol. The van der Waals surface area contributed by atoms with Gasteiger partial charge >= 0.3 is 0 Å². The van der Waals surface area contributed by atoms with Crippen LogP contribution in [0.2, 0.25) is 0 Å². The average Bonchev–Trinajstić information content (AvgIpc) is 2.69. The summed E-state index contributed by atoms with van der Waals surface area (Å²) in [5, 5.41) is 2.23. The molecule has 0 unspecified atom stereocenters. The van der Waals surface area contributed by atoms with Gasteiger partial charge in [-0.3, -0.25) is 4.90 Å². The Bertz CT molecular complexity index is 408. The third kappa shape index (κ3) is 3.54. The number of alkyl halides is 2. The van der Waals surface area contributed by atoms with Crippen LogP contribution in [-0.2, 0) is 0 Å². The lowest BCUT2D eigenvalue weighted by atomic mass is 9.83. The molecule has 0 N–H and O–H groups in total. The van der Waals surface area contributed by atoms with Crippen LogP contribution in [0.5, 0.6) is 0 Å². The van der Waals surface area contributed by atoms with E-state index in [1.165, 1.54) is 16.0 Å². The second-order valence-electron chi connectivity index (χ2n) is 5.73. The Morgan fingerprint density at radius 1 is 1.32 bits per heavy atom. The van der Waals surface area contributed by atoms with Crippen molar-refractivity contribution in [3.8, 4) is 0 Å². The third-order valence-electron chi connectivity index (χ3n) is 4.47. The zero-order valence-corrected chi connectivity index (χ0v) is 12.8. The Hall–Kier alpha value is -0.480. The highest BCUT2D eigenvalue weighted by Crippen LogP contribution is 2.37. The molecule has 0 bridgehead atoms. The molecule has 1 aliphatic rings. The Morgan fingerprint density at radius 3 is 2.42 bits per heavy atom. The lowest BCUT2D eigenvalue weighted by molar-refractivity contribution is 0.0666. The minimum atomic E-state index is -2.20. The van der Waals surface area contributed by atoms with E-state index in [-0.39, 0.29) is 6.54 Å². The predicted molar refractivity (Wildman–Crippen MR) is 77.4 cm³/mol. The van der Waals surface area contributed by atoms with E-state index in [2.05, 4.69) is 26.2 Å². The van der Waals surface area contributed by atoms with Gasteiger partial charge in [-0.15, -0.1) is 11.3 Å². The molecule has 0 aliphatic carbocycles. The Kier molecular flexibility index (Phi) is 4.96. The normalized spacial score (nSPS) is 20.1.